The number of fused-ring (bicyclic) bond motifs is 1. The molecule has 0 unspecified atom stereocenters. The van der Waals surface area contributed by atoms with Gasteiger partial charge in [0.15, 0.2) is 11.5 Å². The molecule has 1 heterocycles. The molecule has 0 aliphatic rings. The van der Waals surface area contributed by atoms with Crippen LogP contribution in [-0.4, -0.2) is 27.3 Å². The molecule has 0 radical (unpaired) electrons. The molecule has 0 saturated carbocycles. The van der Waals surface area contributed by atoms with Crippen molar-refractivity contribution < 1.29 is 28.2 Å². The van der Waals surface area contributed by atoms with Gasteiger partial charge in [-0.2, -0.15) is 0 Å². The lowest BCUT2D eigenvalue weighted by molar-refractivity contribution is -0.138. The van der Waals surface area contributed by atoms with E-state index < -0.39 is 11.6 Å². The van der Waals surface area contributed by atoms with Crippen LogP contribution in [0.5, 0.6) is 17.2 Å². The number of hydrogen-bond donors (Lipinski definition) is 0. The average molecular weight is 396 g/mol. The Balaban J connectivity index is 1.72. The Bertz CT molecular complexity index is 1110. The van der Waals surface area contributed by atoms with Gasteiger partial charge < -0.3 is 23.4 Å². The quantitative estimate of drug-likeness (QED) is 0.343. The Hall–Kier alpha value is -3.74. The zero-order valence-electron chi connectivity index (χ0n) is 16.3. The third kappa shape index (κ3) is 4.76. The number of esters is 1. The Kier molecular flexibility index (Phi) is 6.19. The molecule has 7 nitrogen and oxygen atoms in total. The van der Waals surface area contributed by atoms with Gasteiger partial charge in [0.1, 0.15) is 17.9 Å². The first-order valence-corrected chi connectivity index (χ1v) is 8.71. The first-order chi connectivity index (χ1) is 14.0. The summed E-state index contributed by atoms with van der Waals surface area (Å²) in [7, 11) is 4.61. The molecule has 0 amide bonds. The molecule has 2 aromatic carbocycles. The van der Waals surface area contributed by atoms with Crippen molar-refractivity contribution in [3.8, 4) is 17.2 Å². The van der Waals surface area contributed by atoms with Crippen molar-refractivity contribution in [2.45, 2.75) is 6.61 Å². The topological polar surface area (TPSA) is 84.2 Å². The molecule has 1 aromatic heterocycles. The molecular weight excluding hydrogens is 376 g/mol. The standard InChI is InChI=1S/C22H20O7/c1-25-16-6-7-17-15(11-22(24)29-19(17)12-16)13-28-21(23)9-5-14-4-8-18(26-2)20(10-14)27-3/h4-12H,13H2,1-3H3/b9-5+. The number of methoxy groups -OCH3 is 3. The van der Waals surface area contributed by atoms with E-state index in [1.165, 1.54) is 26.4 Å². The molecule has 0 bridgehead atoms. The van der Waals surface area contributed by atoms with Gasteiger partial charge in [-0.1, -0.05) is 6.07 Å². The summed E-state index contributed by atoms with van der Waals surface area (Å²) in [6, 6.07) is 11.7. The van der Waals surface area contributed by atoms with E-state index in [1.807, 2.05) is 0 Å². The molecule has 29 heavy (non-hydrogen) atoms. The maximum atomic E-state index is 12.1. The second-order valence-electron chi connectivity index (χ2n) is 6.01. The second kappa shape index (κ2) is 8.97. The van der Waals surface area contributed by atoms with E-state index in [-0.39, 0.29) is 6.61 Å². The second-order valence-corrected chi connectivity index (χ2v) is 6.01. The van der Waals surface area contributed by atoms with Gasteiger partial charge in [-0.15, -0.1) is 0 Å². The van der Waals surface area contributed by atoms with Gasteiger partial charge >= 0.3 is 11.6 Å². The fourth-order valence-electron chi connectivity index (χ4n) is 2.77. The van der Waals surface area contributed by atoms with Crippen LogP contribution in [0, 0.1) is 0 Å². The lowest BCUT2D eigenvalue weighted by Crippen LogP contribution is -2.05. The van der Waals surface area contributed by atoms with E-state index in [9.17, 15) is 9.59 Å². The lowest BCUT2D eigenvalue weighted by atomic mass is 10.1. The summed E-state index contributed by atoms with van der Waals surface area (Å²) in [6.45, 7) is -0.0659. The molecule has 0 fully saturated rings. The van der Waals surface area contributed by atoms with Gasteiger partial charge in [0.2, 0.25) is 0 Å². The van der Waals surface area contributed by atoms with Crippen LogP contribution < -0.4 is 19.8 Å². The van der Waals surface area contributed by atoms with Crippen LogP contribution in [0.2, 0.25) is 0 Å². The van der Waals surface area contributed by atoms with Crippen LogP contribution in [0.25, 0.3) is 17.0 Å². The molecule has 0 spiro atoms. The fraction of sp³-hybridized carbons (Fsp3) is 0.182. The minimum atomic E-state index is -0.547. The van der Waals surface area contributed by atoms with Crippen molar-refractivity contribution in [1.29, 1.82) is 0 Å². The predicted molar refractivity (Wildman–Crippen MR) is 107 cm³/mol. The maximum absolute atomic E-state index is 12.1. The zero-order chi connectivity index (χ0) is 20.8. The zero-order valence-corrected chi connectivity index (χ0v) is 16.3. The van der Waals surface area contributed by atoms with E-state index >= 15 is 0 Å². The highest BCUT2D eigenvalue weighted by Crippen LogP contribution is 2.28. The molecule has 0 aliphatic carbocycles. The molecule has 0 saturated heterocycles. The van der Waals surface area contributed by atoms with Gasteiger partial charge in [0.25, 0.3) is 0 Å². The first kappa shape index (κ1) is 20.0. The monoisotopic (exact) mass is 396 g/mol. The molecule has 0 atom stereocenters. The number of hydrogen-bond acceptors (Lipinski definition) is 7. The highest BCUT2D eigenvalue weighted by atomic mass is 16.5. The summed E-state index contributed by atoms with van der Waals surface area (Å²) < 4.78 is 26.0. The molecule has 3 rings (SSSR count). The van der Waals surface area contributed by atoms with Gasteiger partial charge in [-0.25, -0.2) is 9.59 Å². The lowest BCUT2D eigenvalue weighted by Gasteiger charge is -2.08. The number of rotatable bonds is 7. The van der Waals surface area contributed by atoms with E-state index in [0.717, 1.165) is 5.56 Å². The molecule has 7 heteroatoms. The van der Waals surface area contributed by atoms with Gasteiger partial charge in [0.05, 0.1) is 21.3 Å². The van der Waals surface area contributed by atoms with Crippen LogP contribution in [0.3, 0.4) is 0 Å². The number of benzene rings is 2. The van der Waals surface area contributed by atoms with Gasteiger partial charge in [-0.05, 0) is 35.9 Å². The summed E-state index contributed by atoms with van der Waals surface area (Å²) in [6.07, 6.45) is 2.91. The first-order valence-electron chi connectivity index (χ1n) is 8.71. The molecular formula is C22H20O7. The van der Waals surface area contributed by atoms with Crippen molar-refractivity contribution in [3.05, 3.63) is 70.1 Å². The van der Waals surface area contributed by atoms with Gasteiger partial charge in [-0.3, -0.25) is 0 Å². The minimum absolute atomic E-state index is 0.0659. The number of carbonyl (C=O) groups excluding carboxylic acids is 1. The number of carbonyl (C=O) groups is 1. The van der Waals surface area contributed by atoms with E-state index in [1.54, 1.807) is 49.6 Å². The minimum Gasteiger partial charge on any atom is -0.497 e. The predicted octanol–water partition coefficient (Wildman–Crippen LogP) is 3.58. The molecule has 0 aliphatic heterocycles. The Morgan fingerprint density at radius 3 is 2.48 bits per heavy atom. The SMILES string of the molecule is COc1ccc2c(COC(=O)/C=C/c3ccc(OC)c(OC)c3)cc(=O)oc2c1. The van der Waals surface area contributed by atoms with E-state index in [4.69, 9.17) is 23.4 Å². The van der Waals surface area contributed by atoms with Crippen LogP contribution in [0.4, 0.5) is 0 Å². The summed E-state index contributed by atoms with van der Waals surface area (Å²) >= 11 is 0. The number of ether oxygens (including phenoxy) is 4. The highest BCUT2D eigenvalue weighted by molar-refractivity contribution is 5.87. The van der Waals surface area contributed by atoms with Crippen LogP contribution in [0.1, 0.15) is 11.1 Å². The third-order valence-electron chi connectivity index (χ3n) is 4.23. The van der Waals surface area contributed by atoms with Crippen LogP contribution >= 0.6 is 0 Å². The van der Waals surface area contributed by atoms with Crippen molar-refractivity contribution in [1.82, 2.24) is 0 Å². The summed E-state index contributed by atoms with van der Waals surface area (Å²) in [4.78, 5) is 23.9. The average Bonchev–Trinajstić information content (AvgIpc) is 2.74. The Morgan fingerprint density at radius 1 is 0.966 bits per heavy atom. The summed E-state index contributed by atoms with van der Waals surface area (Å²) in [5.74, 6) is 1.17. The Labute approximate surface area is 167 Å². The van der Waals surface area contributed by atoms with Crippen molar-refractivity contribution >= 4 is 23.0 Å². The Morgan fingerprint density at radius 2 is 1.76 bits per heavy atom. The van der Waals surface area contributed by atoms with Crippen LogP contribution in [-0.2, 0) is 16.1 Å². The highest BCUT2D eigenvalue weighted by Gasteiger charge is 2.09. The third-order valence-corrected chi connectivity index (χ3v) is 4.23. The van der Waals surface area contributed by atoms with Crippen molar-refractivity contribution in [2.75, 3.05) is 21.3 Å². The van der Waals surface area contributed by atoms with Crippen LogP contribution in [0.15, 0.2) is 57.8 Å². The molecule has 3 aromatic rings. The maximum Gasteiger partial charge on any atom is 0.336 e. The fourth-order valence-corrected chi connectivity index (χ4v) is 2.77. The largest absolute Gasteiger partial charge is 0.497 e. The van der Waals surface area contributed by atoms with Crippen molar-refractivity contribution in [2.24, 2.45) is 0 Å². The van der Waals surface area contributed by atoms with Gasteiger partial charge in [0, 0.05) is 29.2 Å². The summed E-state index contributed by atoms with van der Waals surface area (Å²) in [5.41, 5.74) is 1.13. The normalized spacial score (nSPS) is 10.9. The summed E-state index contributed by atoms with van der Waals surface area (Å²) in [5, 5.41) is 0.669. The molecule has 150 valence electrons. The molecule has 0 N–H and O–H groups in total. The van der Waals surface area contributed by atoms with Crippen molar-refractivity contribution in [3.63, 3.8) is 0 Å². The van der Waals surface area contributed by atoms with E-state index in [0.29, 0.717) is 33.8 Å². The smallest absolute Gasteiger partial charge is 0.336 e. The van der Waals surface area contributed by atoms with E-state index in [2.05, 4.69) is 0 Å².